The molecule has 9 heteroatoms. The largest absolute Gasteiger partial charge is 0.464 e. The number of cyclic esters (lactones) is 1. The zero-order valence-corrected chi connectivity index (χ0v) is 14.6. The number of carbonyl (C=O) groups is 2. The lowest BCUT2D eigenvalue weighted by Gasteiger charge is -2.23. The Morgan fingerprint density at radius 3 is 2.42 bits per heavy atom. The van der Waals surface area contributed by atoms with Crippen molar-refractivity contribution in [3.05, 3.63) is 51.3 Å². The summed E-state index contributed by atoms with van der Waals surface area (Å²) < 4.78 is 11.9. The Bertz CT molecular complexity index is 968. The molecule has 26 heavy (non-hydrogen) atoms. The third kappa shape index (κ3) is 2.56. The van der Waals surface area contributed by atoms with E-state index in [0.717, 1.165) is 9.25 Å². The standard InChI is InChI=1S/C17H19N3O6/c1-4-25-12(21)17(10-16(2,3)26-13(17)22)20-15(24)19(14(23)18-20)11-8-6-5-7-9-11/h5-9H,4,10H2,1-3H3,(H,18,23). The second-order valence-corrected chi connectivity index (χ2v) is 6.61. The first kappa shape index (κ1) is 17.7. The first-order valence-corrected chi connectivity index (χ1v) is 8.13. The van der Waals surface area contributed by atoms with Crippen molar-refractivity contribution < 1.29 is 19.1 Å². The fourth-order valence-corrected chi connectivity index (χ4v) is 3.17. The van der Waals surface area contributed by atoms with Crippen LogP contribution < -0.4 is 11.4 Å². The number of rotatable bonds is 4. The maximum Gasteiger partial charge on any atom is 0.353 e. The molecule has 0 spiro atoms. The molecule has 2 aromatic rings. The molecule has 1 fully saturated rings. The lowest BCUT2D eigenvalue weighted by atomic mass is 9.90. The van der Waals surface area contributed by atoms with Gasteiger partial charge in [0.15, 0.2) is 0 Å². The molecule has 1 aromatic carbocycles. The molecule has 1 saturated heterocycles. The van der Waals surface area contributed by atoms with Gasteiger partial charge in [-0.15, -0.1) is 0 Å². The van der Waals surface area contributed by atoms with Crippen molar-refractivity contribution in [3.8, 4) is 5.69 Å². The molecule has 1 aliphatic rings. The smallest absolute Gasteiger partial charge is 0.353 e. The highest BCUT2D eigenvalue weighted by atomic mass is 16.6. The van der Waals surface area contributed by atoms with Crippen molar-refractivity contribution in [2.75, 3.05) is 6.61 Å². The van der Waals surface area contributed by atoms with E-state index in [1.165, 1.54) is 0 Å². The number of nitrogens with zero attached hydrogens (tertiary/aromatic N) is 2. The van der Waals surface area contributed by atoms with Gasteiger partial charge in [-0.2, -0.15) is 0 Å². The van der Waals surface area contributed by atoms with Gasteiger partial charge < -0.3 is 9.47 Å². The van der Waals surface area contributed by atoms with E-state index < -0.39 is 34.5 Å². The topological polar surface area (TPSA) is 112 Å². The average Bonchev–Trinajstić information content (AvgIpc) is 3.01. The summed E-state index contributed by atoms with van der Waals surface area (Å²) >= 11 is 0. The van der Waals surface area contributed by atoms with Crippen molar-refractivity contribution in [3.63, 3.8) is 0 Å². The highest BCUT2D eigenvalue weighted by Gasteiger charge is 2.62. The Kier molecular flexibility index (Phi) is 4.09. The molecule has 0 aliphatic carbocycles. The van der Waals surface area contributed by atoms with Crippen LogP contribution in [0.5, 0.6) is 0 Å². The molecule has 9 nitrogen and oxygen atoms in total. The summed E-state index contributed by atoms with van der Waals surface area (Å²) in [4.78, 5) is 50.6. The number of aromatic nitrogens is 3. The Labute approximate surface area is 148 Å². The summed E-state index contributed by atoms with van der Waals surface area (Å²) in [5, 5.41) is 2.31. The predicted octanol–water partition coefficient (Wildman–Crippen LogP) is 0.311. The molecule has 1 aliphatic heterocycles. The normalized spacial score (nSPS) is 21.4. The summed E-state index contributed by atoms with van der Waals surface area (Å²) in [6, 6.07) is 8.18. The van der Waals surface area contributed by atoms with Crippen LogP contribution in [0.2, 0.25) is 0 Å². The molecule has 0 bridgehead atoms. The van der Waals surface area contributed by atoms with E-state index in [2.05, 4.69) is 5.10 Å². The highest BCUT2D eigenvalue weighted by molar-refractivity contribution is 6.04. The van der Waals surface area contributed by atoms with E-state index in [1.54, 1.807) is 51.1 Å². The van der Waals surface area contributed by atoms with Crippen LogP contribution in [0.1, 0.15) is 27.2 Å². The minimum atomic E-state index is -2.07. The summed E-state index contributed by atoms with van der Waals surface area (Å²) in [7, 11) is 0. The number of benzene rings is 1. The number of hydrogen-bond donors (Lipinski definition) is 1. The first-order chi connectivity index (χ1) is 12.2. The molecule has 1 aromatic heterocycles. The van der Waals surface area contributed by atoms with Gasteiger partial charge in [-0.05, 0) is 32.9 Å². The van der Waals surface area contributed by atoms with E-state index in [-0.39, 0.29) is 13.0 Å². The van der Waals surface area contributed by atoms with Crippen molar-refractivity contribution in [1.82, 2.24) is 14.3 Å². The molecular weight excluding hydrogens is 342 g/mol. The predicted molar refractivity (Wildman–Crippen MR) is 90.0 cm³/mol. The number of para-hydroxylation sites is 1. The van der Waals surface area contributed by atoms with Crippen molar-refractivity contribution in [1.29, 1.82) is 0 Å². The van der Waals surface area contributed by atoms with Gasteiger partial charge in [0.2, 0.25) is 0 Å². The second-order valence-electron chi connectivity index (χ2n) is 6.61. The van der Waals surface area contributed by atoms with Crippen LogP contribution in [0, 0.1) is 0 Å². The van der Waals surface area contributed by atoms with E-state index >= 15 is 0 Å². The number of nitrogens with one attached hydrogen (secondary N) is 1. The molecule has 0 radical (unpaired) electrons. The zero-order chi connectivity index (χ0) is 19.1. The van der Waals surface area contributed by atoms with E-state index in [4.69, 9.17) is 9.47 Å². The fraction of sp³-hybridized carbons (Fsp3) is 0.412. The molecule has 1 unspecified atom stereocenters. The Balaban J connectivity index is 2.25. The molecule has 1 N–H and O–H groups in total. The van der Waals surface area contributed by atoms with Crippen LogP contribution in [0.3, 0.4) is 0 Å². The molecular formula is C17H19N3O6. The molecule has 2 heterocycles. The maximum atomic E-state index is 12.9. The van der Waals surface area contributed by atoms with Crippen molar-refractivity contribution in [2.45, 2.75) is 38.3 Å². The van der Waals surface area contributed by atoms with E-state index in [1.807, 2.05) is 0 Å². The number of H-pyrrole nitrogens is 1. The molecule has 0 saturated carbocycles. The van der Waals surface area contributed by atoms with Crippen LogP contribution >= 0.6 is 0 Å². The third-order valence-corrected chi connectivity index (χ3v) is 4.19. The second kappa shape index (κ2) is 6.01. The van der Waals surface area contributed by atoms with Gasteiger partial charge in [0.1, 0.15) is 5.60 Å². The SMILES string of the molecule is CCOC(=O)C1(n2[nH]c(=O)n(-c3ccccc3)c2=O)CC(C)(C)OC1=O. The van der Waals surface area contributed by atoms with Gasteiger partial charge in [0.25, 0.3) is 5.54 Å². The molecule has 1 atom stereocenters. The number of esters is 2. The first-order valence-electron chi connectivity index (χ1n) is 8.13. The maximum absolute atomic E-state index is 12.9. The Morgan fingerprint density at radius 2 is 1.88 bits per heavy atom. The number of carbonyl (C=O) groups excluding carboxylic acids is 2. The number of ether oxygens (including phenoxy) is 2. The Morgan fingerprint density at radius 1 is 1.23 bits per heavy atom. The molecule has 3 rings (SSSR count). The highest BCUT2D eigenvalue weighted by Crippen LogP contribution is 2.39. The monoisotopic (exact) mass is 361 g/mol. The molecule has 0 amide bonds. The van der Waals surface area contributed by atoms with Crippen LogP contribution in [-0.2, 0) is 24.6 Å². The minimum Gasteiger partial charge on any atom is -0.464 e. The fourth-order valence-electron chi connectivity index (χ4n) is 3.17. The number of aromatic amines is 1. The van der Waals surface area contributed by atoms with Gasteiger partial charge in [-0.1, -0.05) is 18.2 Å². The van der Waals surface area contributed by atoms with Gasteiger partial charge in [0.05, 0.1) is 12.3 Å². The quantitative estimate of drug-likeness (QED) is 0.620. The van der Waals surface area contributed by atoms with Gasteiger partial charge in [-0.3, -0.25) is 0 Å². The third-order valence-electron chi connectivity index (χ3n) is 4.19. The lowest BCUT2D eigenvalue weighted by Crippen LogP contribution is -2.52. The van der Waals surface area contributed by atoms with Crippen LogP contribution in [0.15, 0.2) is 39.9 Å². The summed E-state index contributed by atoms with van der Waals surface area (Å²) in [5.74, 6) is -1.89. The van der Waals surface area contributed by atoms with Crippen molar-refractivity contribution in [2.24, 2.45) is 0 Å². The van der Waals surface area contributed by atoms with Gasteiger partial charge in [-0.25, -0.2) is 33.5 Å². The van der Waals surface area contributed by atoms with Gasteiger partial charge >= 0.3 is 23.3 Å². The number of hydrogen-bond acceptors (Lipinski definition) is 6. The Hall–Kier alpha value is -3.10. The molecule has 138 valence electrons. The van der Waals surface area contributed by atoms with Crippen LogP contribution in [0.25, 0.3) is 5.69 Å². The summed E-state index contributed by atoms with van der Waals surface area (Å²) in [5.41, 5.74) is -4.40. The van der Waals surface area contributed by atoms with E-state index in [9.17, 15) is 19.2 Å². The van der Waals surface area contributed by atoms with Crippen molar-refractivity contribution >= 4 is 11.9 Å². The van der Waals surface area contributed by atoms with Gasteiger partial charge in [0, 0.05) is 6.42 Å². The summed E-state index contributed by atoms with van der Waals surface area (Å²) in [6.07, 6.45) is -0.147. The van der Waals surface area contributed by atoms with E-state index in [0.29, 0.717) is 5.69 Å². The minimum absolute atomic E-state index is 0.00662. The lowest BCUT2D eigenvalue weighted by molar-refractivity contribution is -0.165. The summed E-state index contributed by atoms with van der Waals surface area (Å²) in [6.45, 7) is 4.82. The van der Waals surface area contributed by atoms with Crippen LogP contribution in [-0.4, -0.2) is 38.5 Å². The van der Waals surface area contributed by atoms with Crippen LogP contribution in [0.4, 0.5) is 0 Å². The average molecular weight is 361 g/mol. The zero-order valence-electron chi connectivity index (χ0n) is 14.6.